The summed E-state index contributed by atoms with van der Waals surface area (Å²) in [7, 11) is 0. The first-order chi connectivity index (χ1) is 11.1. The van der Waals surface area contributed by atoms with Crippen molar-refractivity contribution >= 4 is 12.0 Å². The normalized spacial score (nSPS) is 18.3. The second-order valence-electron chi connectivity index (χ2n) is 5.61. The number of allylic oxidation sites excluding steroid dienone is 1. The lowest BCUT2D eigenvalue weighted by Gasteiger charge is -2.30. The number of hydrogen-bond acceptors (Lipinski definition) is 3. The lowest BCUT2D eigenvalue weighted by Crippen LogP contribution is -2.46. The Balaban J connectivity index is 2.56. The second-order valence-corrected chi connectivity index (χ2v) is 5.61. The average molecular weight is 342 g/mol. The molecule has 5 nitrogen and oxygen atoms in total. The number of esters is 1. The smallest absolute Gasteiger partial charge is 0.416 e. The highest BCUT2D eigenvalue weighted by molar-refractivity contribution is 5.95. The van der Waals surface area contributed by atoms with Crippen LogP contribution in [-0.4, -0.2) is 18.1 Å². The van der Waals surface area contributed by atoms with Crippen LogP contribution in [0.3, 0.4) is 0 Å². The molecule has 2 amide bonds. The van der Waals surface area contributed by atoms with Crippen LogP contribution < -0.4 is 10.6 Å². The van der Waals surface area contributed by atoms with E-state index in [0.717, 1.165) is 6.07 Å². The van der Waals surface area contributed by atoms with E-state index in [2.05, 4.69) is 10.6 Å². The van der Waals surface area contributed by atoms with E-state index in [-0.39, 0.29) is 16.8 Å². The van der Waals surface area contributed by atoms with Gasteiger partial charge >= 0.3 is 18.2 Å². The first kappa shape index (κ1) is 17.8. The third-order valence-corrected chi connectivity index (χ3v) is 3.41. The maximum absolute atomic E-state index is 13.3. The van der Waals surface area contributed by atoms with Crippen molar-refractivity contribution in [2.45, 2.75) is 39.1 Å². The fourth-order valence-corrected chi connectivity index (χ4v) is 2.48. The Hall–Kier alpha value is -2.51. The predicted molar refractivity (Wildman–Crippen MR) is 79.8 cm³/mol. The van der Waals surface area contributed by atoms with Crippen LogP contribution >= 0.6 is 0 Å². The van der Waals surface area contributed by atoms with Crippen molar-refractivity contribution in [2.75, 3.05) is 0 Å². The number of urea groups is 1. The fourth-order valence-electron chi connectivity index (χ4n) is 2.48. The molecule has 24 heavy (non-hydrogen) atoms. The molecular weight excluding hydrogens is 325 g/mol. The molecule has 0 saturated heterocycles. The van der Waals surface area contributed by atoms with Crippen LogP contribution in [0.4, 0.5) is 18.0 Å². The number of alkyl halides is 3. The highest BCUT2D eigenvalue weighted by Crippen LogP contribution is 2.38. The summed E-state index contributed by atoms with van der Waals surface area (Å²) < 4.78 is 44.9. The van der Waals surface area contributed by atoms with E-state index in [1.165, 1.54) is 25.1 Å². The van der Waals surface area contributed by atoms with Crippen LogP contribution in [0.15, 0.2) is 35.5 Å². The summed E-state index contributed by atoms with van der Waals surface area (Å²) >= 11 is 0. The molecule has 0 aliphatic carbocycles. The van der Waals surface area contributed by atoms with Crippen molar-refractivity contribution in [3.63, 3.8) is 0 Å². The Bertz CT molecular complexity index is 696. The summed E-state index contributed by atoms with van der Waals surface area (Å²) in [5.74, 6) is -0.781. The van der Waals surface area contributed by atoms with E-state index in [0.29, 0.717) is 0 Å². The van der Waals surface area contributed by atoms with Gasteiger partial charge in [-0.1, -0.05) is 18.2 Å². The molecule has 8 heteroatoms. The van der Waals surface area contributed by atoms with Gasteiger partial charge in [0.2, 0.25) is 0 Å². The third kappa shape index (κ3) is 3.69. The molecule has 1 unspecified atom stereocenters. The first-order valence-electron chi connectivity index (χ1n) is 7.26. The van der Waals surface area contributed by atoms with Gasteiger partial charge in [0.25, 0.3) is 0 Å². The monoisotopic (exact) mass is 342 g/mol. The van der Waals surface area contributed by atoms with Gasteiger partial charge in [-0.2, -0.15) is 13.2 Å². The molecule has 1 aromatic carbocycles. The van der Waals surface area contributed by atoms with Crippen molar-refractivity contribution in [1.82, 2.24) is 10.6 Å². The molecule has 0 fully saturated rings. The van der Waals surface area contributed by atoms with Crippen LogP contribution in [-0.2, 0) is 15.7 Å². The highest BCUT2D eigenvalue weighted by Gasteiger charge is 2.39. The summed E-state index contributed by atoms with van der Waals surface area (Å²) in [5, 5.41) is 4.76. The maximum atomic E-state index is 13.3. The average Bonchev–Trinajstić information content (AvgIpc) is 2.44. The van der Waals surface area contributed by atoms with E-state index >= 15 is 0 Å². The van der Waals surface area contributed by atoms with Crippen LogP contribution in [0.2, 0.25) is 0 Å². The minimum absolute atomic E-state index is 0.0556. The first-order valence-corrected chi connectivity index (χ1v) is 7.26. The van der Waals surface area contributed by atoms with Gasteiger partial charge in [-0.05, 0) is 32.4 Å². The van der Waals surface area contributed by atoms with Gasteiger partial charge in [0.1, 0.15) is 0 Å². The number of ether oxygens (including phenoxy) is 1. The zero-order valence-corrected chi connectivity index (χ0v) is 13.3. The number of amides is 2. The molecule has 1 heterocycles. The molecule has 2 N–H and O–H groups in total. The van der Waals surface area contributed by atoms with E-state index < -0.39 is 35.9 Å². The van der Waals surface area contributed by atoms with Gasteiger partial charge in [-0.25, -0.2) is 9.59 Å². The molecule has 0 bridgehead atoms. The number of hydrogen-bond donors (Lipinski definition) is 2. The maximum Gasteiger partial charge on any atom is 0.416 e. The van der Waals surface area contributed by atoms with Crippen LogP contribution in [0, 0.1) is 0 Å². The number of carbonyl (C=O) groups excluding carboxylic acids is 2. The fraction of sp³-hybridized carbons (Fsp3) is 0.375. The van der Waals surface area contributed by atoms with E-state index in [4.69, 9.17) is 4.74 Å². The van der Waals surface area contributed by atoms with Gasteiger partial charge in [-0.3, -0.25) is 0 Å². The molecule has 1 aromatic rings. The van der Waals surface area contributed by atoms with E-state index in [1.54, 1.807) is 13.8 Å². The highest BCUT2D eigenvalue weighted by atomic mass is 19.4. The molecule has 1 atom stereocenters. The quantitative estimate of drug-likeness (QED) is 0.829. The minimum Gasteiger partial charge on any atom is -0.459 e. The number of benzene rings is 1. The van der Waals surface area contributed by atoms with Gasteiger partial charge < -0.3 is 15.4 Å². The standard InChI is InChI=1S/C16H17F3N2O3/c1-8(2)24-14(22)12-9(3)20-15(23)21-13(12)10-6-4-5-7-11(10)16(17,18)19/h4-8,13H,1-3H3,(H2,20,21,23). The Kier molecular flexibility index (Phi) is 4.86. The molecule has 0 radical (unpaired) electrons. The number of nitrogens with one attached hydrogen (secondary N) is 2. The lowest BCUT2D eigenvalue weighted by molar-refractivity contribution is -0.144. The summed E-state index contributed by atoms with van der Waals surface area (Å²) in [4.78, 5) is 24.0. The summed E-state index contributed by atoms with van der Waals surface area (Å²) in [5.41, 5.74) is -1.03. The van der Waals surface area contributed by atoms with E-state index in [9.17, 15) is 22.8 Å². The minimum atomic E-state index is -4.62. The largest absolute Gasteiger partial charge is 0.459 e. The molecule has 2 rings (SSSR count). The molecule has 0 saturated carbocycles. The summed E-state index contributed by atoms with van der Waals surface area (Å²) in [6, 6.07) is 2.87. The number of carbonyl (C=O) groups is 2. The SMILES string of the molecule is CC1=C(C(=O)OC(C)C)C(c2ccccc2C(F)(F)F)NC(=O)N1. The Morgan fingerprint density at radius 3 is 2.46 bits per heavy atom. The van der Waals surface area contributed by atoms with Crippen molar-refractivity contribution < 1.29 is 27.5 Å². The Morgan fingerprint density at radius 1 is 1.25 bits per heavy atom. The molecule has 1 aliphatic rings. The Morgan fingerprint density at radius 2 is 1.88 bits per heavy atom. The predicted octanol–water partition coefficient (Wildman–Crippen LogP) is 3.28. The molecular formula is C16H17F3N2O3. The van der Waals surface area contributed by atoms with Crippen molar-refractivity contribution in [3.05, 3.63) is 46.7 Å². The second kappa shape index (κ2) is 6.54. The zero-order chi connectivity index (χ0) is 18.1. The number of halogens is 3. The Labute approximate surface area is 136 Å². The van der Waals surface area contributed by atoms with Gasteiger partial charge in [-0.15, -0.1) is 0 Å². The molecule has 0 spiro atoms. The van der Waals surface area contributed by atoms with Gasteiger partial charge in [0, 0.05) is 5.70 Å². The topological polar surface area (TPSA) is 67.4 Å². The van der Waals surface area contributed by atoms with Crippen LogP contribution in [0.1, 0.15) is 37.9 Å². The molecule has 0 aromatic heterocycles. The lowest BCUT2D eigenvalue weighted by atomic mass is 9.91. The summed E-state index contributed by atoms with van der Waals surface area (Å²) in [6.45, 7) is 4.70. The van der Waals surface area contributed by atoms with Gasteiger partial charge in [0.05, 0.1) is 23.3 Å². The zero-order valence-electron chi connectivity index (χ0n) is 13.3. The summed E-state index contributed by atoms with van der Waals surface area (Å²) in [6.07, 6.45) is -5.07. The van der Waals surface area contributed by atoms with Crippen molar-refractivity contribution in [3.8, 4) is 0 Å². The van der Waals surface area contributed by atoms with Crippen molar-refractivity contribution in [2.24, 2.45) is 0 Å². The van der Waals surface area contributed by atoms with Gasteiger partial charge in [0.15, 0.2) is 0 Å². The van der Waals surface area contributed by atoms with Crippen LogP contribution in [0.5, 0.6) is 0 Å². The van der Waals surface area contributed by atoms with Crippen LogP contribution in [0.25, 0.3) is 0 Å². The molecule has 1 aliphatic heterocycles. The third-order valence-electron chi connectivity index (χ3n) is 3.41. The van der Waals surface area contributed by atoms with E-state index in [1.807, 2.05) is 0 Å². The molecule has 130 valence electrons. The van der Waals surface area contributed by atoms with Crippen molar-refractivity contribution in [1.29, 1.82) is 0 Å². The number of rotatable bonds is 3.